The summed E-state index contributed by atoms with van der Waals surface area (Å²) in [5, 5.41) is 7.77. The summed E-state index contributed by atoms with van der Waals surface area (Å²) in [7, 11) is 0. The summed E-state index contributed by atoms with van der Waals surface area (Å²) in [5.41, 5.74) is 10.3. The van der Waals surface area contributed by atoms with Crippen molar-refractivity contribution in [3.63, 3.8) is 0 Å². The molecule has 0 atom stereocenters. The molecular weight excluding hydrogens is 258 g/mol. The van der Waals surface area contributed by atoms with Crippen molar-refractivity contribution in [3.05, 3.63) is 41.5 Å². The Balaban J connectivity index is 2.06. The second-order valence-corrected chi connectivity index (χ2v) is 5.57. The molecule has 96 valence electrons. The fraction of sp³-hybridized carbons (Fsp3) is 0.143. The van der Waals surface area contributed by atoms with Crippen LogP contribution in [0.25, 0.3) is 11.0 Å². The Bertz CT molecular complexity index is 752. The number of hydrogen-bond donors (Lipinski definition) is 1. The summed E-state index contributed by atoms with van der Waals surface area (Å²) in [5.74, 6) is 0. The Hall–Kier alpha value is -2.01. The van der Waals surface area contributed by atoms with Gasteiger partial charge in [-0.1, -0.05) is 29.5 Å². The van der Waals surface area contributed by atoms with Crippen molar-refractivity contribution in [2.45, 2.75) is 23.6 Å². The van der Waals surface area contributed by atoms with Gasteiger partial charge in [-0.15, -0.1) is 0 Å². The number of rotatable bonds is 2. The highest BCUT2D eigenvalue weighted by Gasteiger charge is 2.12. The number of nitrogen functional groups attached to an aromatic ring is 1. The smallest absolute Gasteiger partial charge is 0.159 e. The lowest BCUT2D eigenvalue weighted by Crippen LogP contribution is -1.88. The van der Waals surface area contributed by atoms with Crippen molar-refractivity contribution in [2.75, 3.05) is 5.73 Å². The standard InChI is InChI=1S/C14H13N3OS/c1-8-3-5-11(9(2)7-8)19-12-6-4-10(15)13-14(12)17-18-16-13/h3-7H,15H2,1-2H3. The minimum absolute atomic E-state index is 0.584. The van der Waals surface area contributed by atoms with Gasteiger partial charge in [-0.2, -0.15) is 0 Å². The zero-order valence-corrected chi connectivity index (χ0v) is 11.5. The summed E-state index contributed by atoms with van der Waals surface area (Å²) in [4.78, 5) is 2.19. The van der Waals surface area contributed by atoms with Crippen LogP contribution in [-0.2, 0) is 0 Å². The number of benzene rings is 2. The Morgan fingerprint density at radius 3 is 2.53 bits per heavy atom. The second-order valence-electron chi connectivity index (χ2n) is 4.49. The molecule has 0 radical (unpaired) electrons. The normalized spacial score (nSPS) is 11.1. The SMILES string of the molecule is Cc1ccc(Sc2ccc(N)c3nonc23)c(C)c1. The largest absolute Gasteiger partial charge is 0.397 e. The van der Waals surface area contributed by atoms with E-state index in [1.165, 1.54) is 16.0 Å². The molecule has 19 heavy (non-hydrogen) atoms. The lowest BCUT2D eigenvalue weighted by molar-refractivity contribution is 0.315. The zero-order chi connectivity index (χ0) is 13.4. The molecule has 5 heteroatoms. The van der Waals surface area contributed by atoms with E-state index in [2.05, 4.69) is 42.4 Å². The van der Waals surface area contributed by atoms with E-state index in [4.69, 9.17) is 10.4 Å². The molecule has 0 aliphatic carbocycles. The van der Waals surface area contributed by atoms with Gasteiger partial charge in [0.25, 0.3) is 0 Å². The van der Waals surface area contributed by atoms with E-state index >= 15 is 0 Å². The van der Waals surface area contributed by atoms with Crippen molar-refractivity contribution in [1.29, 1.82) is 0 Å². The van der Waals surface area contributed by atoms with Crippen molar-refractivity contribution in [1.82, 2.24) is 10.3 Å². The van der Waals surface area contributed by atoms with Crippen LogP contribution in [0.4, 0.5) is 5.69 Å². The minimum Gasteiger partial charge on any atom is -0.397 e. The molecule has 0 aliphatic rings. The van der Waals surface area contributed by atoms with E-state index in [0.717, 1.165) is 4.90 Å². The van der Waals surface area contributed by atoms with Gasteiger partial charge in [-0.05, 0) is 47.9 Å². The summed E-state index contributed by atoms with van der Waals surface area (Å²) in [6.07, 6.45) is 0. The average molecular weight is 271 g/mol. The van der Waals surface area contributed by atoms with E-state index in [1.807, 2.05) is 12.1 Å². The maximum Gasteiger partial charge on any atom is 0.159 e. The molecule has 1 aromatic heterocycles. The Morgan fingerprint density at radius 1 is 1.00 bits per heavy atom. The van der Waals surface area contributed by atoms with Gasteiger partial charge >= 0.3 is 0 Å². The van der Waals surface area contributed by atoms with Crippen LogP contribution in [0.15, 0.2) is 44.8 Å². The first-order valence-corrected chi connectivity index (χ1v) is 6.72. The minimum atomic E-state index is 0.584. The monoisotopic (exact) mass is 271 g/mol. The summed E-state index contributed by atoms with van der Waals surface area (Å²) < 4.78 is 4.78. The second kappa shape index (κ2) is 4.59. The highest BCUT2D eigenvalue weighted by molar-refractivity contribution is 7.99. The molecule has 0 saturated heterocycles. The lowest BCUT2D eigenvalue weighted by atomic mass is 10.2. The van der Waals surface area contributed by atoms with Crippen molar-refractivity contribution in [2.24, 2.45) is 0 Å². The third-order valence-corrected chi connectivity index (χ3v) is 4.19. The van der Waals surface area contributed by atoms with Crippen LogP contribution >= 0.6 is 11.8 Å². The molecule has 0 fully saturated rings. The van der Waals surface area contributed by atoms with E-state index in [-0.39, 0.29) is 0 Å². The first kappa shape index (κ1) is 12.0. The van der Waals surface area contributed by atoms with E-state index in [9.17, 15) is 0 Å². The molecule has 1 heterocycles. The number of fused-ring (bicyclic) bond motifs is 1. The van der Waals surface area contributed by atoms with Gasteiger partial charge in [0.05, 0.1) is 5.69 Å². The van der Waals surface area contributed by atoms with Crippen LogP contribution in [0.2, 0.25) is 0 Å². The number of nitrogens with zero attached hydrogens (tertiary/aromatic N) is 2. The predicted molar refractivity (Wildman–Crippen MR) is 76.3 cm³/mol. The Kier molecular flexibility index (Phi) is 2.91. The van der Waals surface area contributed by atoms with Gasteiger partial charge in [0.1, 0.15) is 0 Å². The van der Waals surface area contributed by atoms with Crippen LogP contribution in [0.5, 0.6) is 0 Å². The molecule has 0 bridgehead atoms. The third-order valence-electron chi connectivity index (χ3n) is 2.96. The topological polar surface area (TPSA) is 64.9 Å². The molecule has 2 N–H and O–H groups in total. The van der Waals surface area contributed by atoms with Gasteiger partial charge < -0.3 is 5.73 Å². The summed E-state index contributed by atoms with van der Waals surface area (Å²) in [6.45, 7) is 4.19. The highest BCUT2D eigenvalue weighted by atomic mass is 32.2. The van der Waals surface area contributed by atoms with E-state index < -0.39 is 0 Å². The fourth-order valence-electron chi connectivity index (χ4n) is 1.98. The van der Waals surface area contributed by atoms with Gasteiger partial charge in [0, 0.05) is 9.79 Å². The number of aryl methyl sites for hydroxylation is 2. The molecule has 3 aromatic rings. The maximum atomic E-state index is 5.84. The summed E-state index contributed by atoms with van der Waals surface area (Å²) >= 11 is 1.65. The number of anilines is 1. The number of aromatic nitrogens is 2. The van der Waals surface area contributed by atoms with Crippen LogP contribution in [0, 0.1) is 13.8 Å². The van der Waals surface area contributed by atoms with Crippen LogP contribution in [0.1, 0.15) is 11.1 Å². The third kappa shape index (κ3) is 2.17. The Labute approximate surface area is 114 Å². The molecule has 0 saturated carbocycles. The molecule has 0 amide bonds. The molecular formula is C14H13N3OS. The van der Waals surface area contributed by atoms with Gasteiger partial charge in [0.15, 0.2) is 11.0 Å². The van der Waals surface area contributed by atoms with Crippen molar-refractivity contribution < 1.29 is 4.63 Å². The predicted octanol–water partition coefficient (Wildman–Crippen LogP) is 3.57. The van der Waals surface area contributed by atoms with Gasteiger partial charge in [-0.25, -0.2) is 4.63 Å². The van der Waals surface area contributed by atoms with E-state index in [1.54, 1.807) is 11.8 Å². The molecule has 4 nitrogen and oxygen atoms in total. The zero-order valence-electron chi connectivity index (χ0n) is 10.7. The first-order valence-electron chi connectivity index (χ1n) is 5.91. The van der Waals surface area contributed by atoms with Crippen LogP contribution in [-0.4, -0.2) is 10.3 Å². The molecule has 0 spiro atoms. The number of hydrogen-bond acceptors (Lipinski definition) is 5. The average Bonchev–Trinajstić information content (AvgIpc) is 2.86. The lowest BCUT2D eigenvalue weighted by Gasteiger charge is -2.07. The van der Waals surface area contributed by atoms with Crippen molar-refractivity contribution in [3.8, 4) is 0 Å². The van der Waals surface area contributed by atoms with Gasteiger partial charge in [0.2, 0.25) is 0 Å². The fourth-order valence-corrected chi connectivity index (χ4v) is 2.94. The van der Waals surface area contributed by atoms with E-state index in [0.29, 0.717) is 16.7 Å². The van der Waals surface area contributed by atoms with Gasteiger partial charge in [-0.3, -0.25) is 0 Å². The summed E-state index contributed by atoms with van der Waals surface area (Å²) in [6, 6.07) is 10.2. The quantitative estimate of drug-likeness (QED) is 0.722. The molecule has 3 rings (SSSR count). The Morgan fingerprint density at radius 2 is 1.74 bits per heavy atom. The highest BCUT2D eigenvalue weighted by Crippen LogP contribution is 2.35. The maximum absolute atomic E-state index is 5.84. The first-order chi connectivity index (χ1) is 9.15. The van der Waals surface area contributed by atoms with Crippen molar-refractivity contribution >= 4 is 28.5 Å². The van der Waals surface area contributed by atoms with Crippen LogP contribution < -0.4 is 5.73 Å². The molecule has 0 aliphatic heterocycles. The van der Waals surface area contributed by atoms with Crippen LogP contribution in [0.3, 0.4) is 0 Å². The molecule has 0 unspecified atom stereocenters. The molecule has 2 aromatic carbocycles. The number of nitrogens with two attached hydrogens (primary N) is 1.